The first kappa shape index (κ1) is 17.7. The molecule has 2 rings (SSSR count). The van der Waals surface area contributed by atoms with Crippen molar-refractivity contribution in [2.45, 2.75) is 32.7 Å². The lowest BCUT2D eigenvalue weighted by Crippen LogP contribution is -2.42. The Hall–Kier alpha value is -2.70. The highest BCUT2D eigenvalue weighted by atomic mass is 16.3. The van der Waals surface area contributed by atoms with E-state index in [-0.39, 0.29) is 18.0 Å². The standard InChI is InChI=1S/C17H23N3O4/c1-12-6-10-24-15(12)16(21)18-7-4-8-19-17(22)20-13(2)11-14-5-3-9-23-14/h3,5-6,9-10,13H,4,7-8,11H2,1-2H3,(H,18,21)(H2,19,20,22)/t13-/m1/s1. The van der Waals surface area contributed by atoms with Crippen LogP contribution in [0, 0.1) is 6.92 Å². The van der Waals surface area contributed by atoms with E-state index >= 15 is 0 Å². The Balaban J connectivity index is 1.56. The monoisotopic (exact) mass is 333 g/mol. The number of urea groups is 1. The first-order chi connectivity index (χ1) is 11.6. The predicted octanol–water partition coefficient (Wildman–Crippen LogP) is 2.23. The molecular weight excluding hydrogens is 310 g/mol. The number of rotatable bonds is 8. The van der Waals surface area contributed by atoms with Gasteiger partial charge in [-0.05, 0) is 38.5 Å². The number of furan rings is 2. The van der Waals surface area contributed by atoms with Gasteiger partial charge < -0.3 is 24.8 Å². The van der Waals surface area contributed by atoms with Crippen LogP contribution in [0.3, 0.4) is 0 Å². The van der Waals surface area contributed by atoms with Gasteiger partial charge in [-0.3, -0.25) is 4.79 Å². The van der Waals surface area contributed by atoms with Crippen LogP contribution in [0.2, 0.25) is 0 Å². The molecule has 2 aromatic heterocycles. The number of carbonyl (C=O) groups excluding carboxylic acids is 2. The Morgan fingerprint density at radius 2 is 1.92 bits per heavy atom. The summed E-state index contributed by atoms with van der Waals surface area (Å²) in [6, 6.07) is 5.17. The van der Waals surface area contributed by atoms with Crippen LogP contribution in [0.4, 0.5) is 4.79 Å². The fourth-order valence-electron chi connectivity index (χ4n) is 2.23. The summed E-state index contributed by atoms with van der Waals surface area (Å²) in [7, 11) is 0. The van der Waals surface area contributed by atoms with E-state index in [1.165, 1.54) is 6.26 Å². The molecule has 0 unspecified atom stereocenters. The van der Waals surface area contributed by atoms with Crippen molar-refractivity contribution in [2.24, 2.45) is 0 Å². The van der Waals surface area contributed by atoms with Gasteiger partial charge in [-0.2, -0.15) is 0 Å². The van der Waals surface area contributed by atoms with Crippen LogP contribution >= 0.6 is 0 Å². The quantitative estimate of drug-likeness (QED) is 0.645. The van der Waals surface area contributed by atoms with E-state index in [2.05, 4.69) is 16.0 Å². The molecule has 0 fully saturated rings. The summed E-state index contributed by atoms with van der Waals surface area (Å²) < 4.78 is 10.3. The summed E-state index contributed by atoms with van der Waals surface area (Å²) in [5.41, 5.74) is 0.801. The maximum Gasteiger partial charge on any atom is 0.315 e. The Morgan fingerprint density at radius 1 is 1.12 bits per heavy atom. The van der Waals surface area contributed by atoms with Gasteiger partial charge in [0.05, 0.1) is 12.5 Å². The molecule has 7 nitrogen and oxygen atoms in total. The molecule has 0 saturated heterocycles. The molecule has 7 heteroatoms. The predicted molar refractivity (Wildman–Crippen MR) is 88.8 cm³/mol. The minimum absolute atomic E-state index is 0.0298. The zero-order valence-electron chi connectivity index (χ0n) is 13.9. The fraction of sp³-hybridized carbons (Fsp3) is 0.412. The van der Waals surface area contributed by atoms with Crippen molar-refractivity contribution >= 4 is 11.9 Å². The third-order valence-corrected chi connectivity index (χ3v) is 3.46. The minimum Gasteiger partial charge on any atom is -0.469 e. The highest BCUT2D eigenvalue weighted by Gasteiger charge is 2.12. The van der Waals surface area contributed by atoms with Crippen molar-refractivity contribution < 1.29 is 18.4 Å². The van der Waals surface area contributed by atoms with E-state index in [0.29, 0.717) is 31.7 Å². The number of carbonyl (C=O) groups is 2. The number of amides is 3. The lowest BCUT2D eigenvalue weighted by molar-refractivity contribution is 0.0925. The average Bonchev–Trinajstić information content (AvgIpc) is 3.18. The summed E-state index contributed by atoms with van der Waals surface area (Å²) in [6.07, 6.45) is 4.37. The van der Waals surface area contributed by atoms with Crippen LogP contribution in [-0.2, 0) is 6.42 Å². The lowest BCUT2D eigenvalue weighted by atomic mass is 10.2. The van der Waals surface area contributed by atoms with Crippen molar-refractivity contribution in [1.29, 1.82) is 0 Å². The maximum atomic E-state index is 11.8. The topological polar surface area (TPSA) is 96.5 Å². The molecule has 0 radical (unpaired) electrons. The smallest absolute Gasteiger partial charge is 0.315 e. The van der Waals surface area contributed by atoms with E-state index < -0.39 is 0 Å². The summed E-state index contributed by atoms with van der Waals surface area (Å²) in [5.74, 6) is 0.917. The zero-order chi connectivity index (χ0) is 17.4. The minimum atomic E-state index is -0.242. The van der Waals surface area contributed by atoms with Crippen LogP contribution in [0.5, 0.6) is 0 Å². The van der Waals surface area contributed by atoms with E-state index in [1.807, 2.05) is 26.0 Å². The Kier molecular flexibility index (Phi) is 6.48. The van der Waals surface area contributed by atoms with Crippen molar-refractivity contribution in [3.63, 3.8) is 0 Å². The average molecular weight is 333 g/mol. The molecular formula is C17H23N3O4. The first-order valence-corrected chi connectivity index (χ1v) is 7.95. The largest absolute Gasteiger partial charge is 0.469 e. The van der Waals surface area contributed by atoms with Crippen molar-refractivity contribution in [2.75, 3.05) is 13.1 Å². The molecule has 0 aliphatic carbocycles. The highest BCUT2D eigenvalue weighted by Crippen LogP contribution is 2.07. The van der Waals surface area contributed by atoms with Gasteiger partial charge in [0.1, 0.15) is 5.76 Å². The maximum absolute atomic E-state index is 11.8. The second kappa shape index (κ2) is 8.81. The SMILES string of the molecule is Cc1ccoc1C(=O)NCCCNC(=O)N[C@H](C)Cc1ccco1. The number of hydrogen-bond donors (Lipinski definition) is 3. The van der Waals surface area contributed by atoms with E-state index in [1.54, 1.807) is 12.3 Å². The molecule has 2 heterocycles. The van der Waals surface area contributed by atoms with Gasteiger partial charge >= 0.3 is 6.03 Å². The van der Waals surface area contributed by atoms with Crippen LogP contribution in [0.15, 0.2) is 39.6 Å². The zero-order valence-corrected chi connectivity index (χ0v) is 13.9. The van der Waals surface area contributed by atoms with Crippen molar-refractivity contribution in [1.82, 2.24) is 16.0 Å². The van der Waals surface area contributed by atoms with Gasteiger partial charge in [-0.25, -0.2) is 4.79 Å². The molecule has 0 saturated carbocycles. The molecule has 0 bridgehead atoms. The molecule has 24 heavy (non-hydrogen) atoms. The molecule has 2 aromatic rings. The molecule has 3 N–H and O–H groups in total. The van der Waals surface area contributed by atoms with Crippen LogP contribution in [0.1, 0.15) is 35.2 Å². The van der Waals surface area contributed by atoms with E-state index in [4.69, 9.17) is 8.83 Å². The summed E-state index contributed by atoms with van der Waals surface area (Å²) in [5, 5.41) is 8.35. The van der Waals surface area contributed by atoms with Crippen molar-refractivity contribution in [3.05, 3.63) is 47.8 Å². The second-order valence-corrected chi connectivity index (χ2v) is 5.63. The van der Waals surface area contributed by atoms with E-state index in [9.17, 15) is 9.59 Å². The molecule has 1 atom stereocenters. The highest BCUT2D eigenvalue weighted by molar-refractivity contribution is 5.92. The number of hydrogen-bond acceptors (Lipinski definition) is 4. The van der Waals surface area contributed by atoms with Gasteiger partial charge in [0.2, 0.25) is 0 Å². The number of nitrogens with one attached hydrogen (secondary N) is 3. The van der Waals surface area contributed by atoms with Gasteiger partial charge in [0.15, 0.2) is 5.76 Å². The van der Waals surface area contributed by atoms with Gasteiger partial charge in [-0.15, -0.1) is 0 Å². The Labute approximate surface area is 140 Å². The summed E-state index contributed by atoms with van der Waals surface area (Å²) >= 11 is 0. The third kappa shape index (κ3) is 5.49. The molecule has 3 amide bonds. The summed E-state index contributed by atoms with van der Waals surface area (Å²) in [4.78, 5) is 23.6. The van der Waals surface area contributed by atoms with Crippen molar-refractivity contribution in [3.8, 4) is 0 Å². The van der Waals surface area contributed by atoms with Crippen LogP contribution < -0.4 is 16.0 Å². The lowest BCUT2D eigenvalue weighted by Gasteiger charge is -2.13. The van der Waals surface area contributed by atoms with Gasteiger partial charge in [-0.1, -0.05) is 0 Å². The molecule has 0 aromatic carbocycles. The normalized spacial score (nSPS) is 11.8. The summed E-state index contributed by atoms with van der Waals surface area (Å²) in [6.45, 7) is 4.65. The molecule has 0 spiro atoms. The van der Waals surface area contributed by atoms with Gasteiger partial charge in [0, 0.05) is 31.1 Å². The third-order valence-electron chi connectivity index (χ3n) is 3.46. The number of aryl methyl sites for hydroxylation is 1. The molecule has 0 aliphatic rings. The fourth-order valence-corrected chi connectivity index (χ4v) is 2.23. The van der Waals surface area contributed by atoms with Gasteiger partial charge in [0.25, 0.3) is 5.91 Å². The second-order valence-electron chi connectivity index (χ2n) is 5.63. The molecule has 0 aliphatic heterocycles. The Bertz CT molecular complexity index is 649. The first-order valence-electron chi connectivity index (χ1n) is 7.95. The molecule has 130 valence electrons. The van der Waals surface area contributed by atoms with Crippen LogP contribution in [0.25, 0.3) is 0 Å². The Morgan fingerprint density at radius 3 is 2.58 bits per heavy atom. The van der Waals surface area contributed by atoms with E-state index in [0.717, 1.165) is 11.3 Å². The van der Waals surface area contributed by atoms with Crippen LogP contribution in [-0.4, -0.2) is 31.1 Å².